The smallest absolute Gasteiger partial charge is 0.336 e. The summed E-state index contributed by atoms with van der Waals surface area (Å²) in [4.78, 5) is 27.7. The molecule has 0 amide bonds. The van der Waals surface area contributed by atoms with Crippen molar-refractivity contribution < 1.29 is 19.8 Å². The highest BCUT2D eigenvalue weighted by Crippen LogP contribution is 2.07. The molecule has 0 saturated carbocycles. The van der Waals surface area contributed by atoms with E-state index in [1.54, 1.807) is 12.5 Å². The molecule has 20 heavy (non-hydrogen) atoms. The fourth-order valence-electron chi connectivity index (χ4n) is 1.43. The summed E-state index contributed by atoms with van der Waals surface area (Å²) < 4.78 is 0. The summed E-state index contributed by atoms with van der Waals surface area (Å²) in [5.74, 6) is -2.46. The lowest BCUT2D eigenvalue weighted by Crippen LogP contribution is -2.06. The van der Waals surface area contributed by atoms with Crippen molar-refractivity contribution in [1.82, 2.24) is 9.97 Å². The lowest BCUT2D eigenvalue weighted by atomic mass is 10.1. The number of imidazole rings is 1. The third-order valence-electron chi connectivity index (χ3n) is 2.36. The van der Waals surface area contributed by atoms with E-state index in [9.17, 15) is 9.59 Å². The average Bonchev–Trinajstić information content (AvgIpc) is 2.93. The number of H-pyrrole nitrogens is 1. The average molecular weight is 277 g/mol. The van der Waals surface area contributed by atoms with Crippen molar-refractivity contribution in [3.8, 4) is 0 Å². The maximum atomic E-state index is 10.5. The summed E-state index contributed by atoms with van der Waals surface area (Å²) in [5.41, 5.74) is 6.00. The molecule has 7 heteroatoms. The lowest BCUT2D eigenvalue weighted by molar-refractivity contribution is 0.0651. The standard InChI is InChI=1S/C8H6O4.C5H9N3/c9-7(10)5-3-1-2-4-6(5)8(11)12;6-2-1-5-3-7-4-8-5/h1-4H,(H,9,10)(H,11,12);3-4H,1-2,6H2,(H,7,8). The molecule has 0 radical (unpaired) electrons. The van der Waals surface area contributed by atoms with Crippen molar-refractivity contribution >= 4 is 11.9 Å². The topological polar surface area (TPSA) is 129 Å². The van der Waals surface area contributed by atoms with E-state index in [1.165, 1.54) is 24.3 Å². The molecule has 0 unspecified atom stereocenters. The van der Waals surface area contributed by atoms with Gasteiger partial charge in [-0.05, 0) is 18.7 Å². The Kier molecular flexibility index (Phi) is 5.92. The van der Waals surface area contributed by atoms with Crippen molar-refractivity contribution in [2.24, 2.45) is 5.73 Å². The van der Waals surface area contributed by atoms with E-state index < -0.39 is 11.9 Å². The van der Waals surface area contributed by atoms with E-state index in [2.05, 4.69) is 9.97 Å². The molecule has 0 saturated heterocycles. The van der Waals surface area contributed by atoms with Crippen LogP contribution in [-0.2, 0) is 6.42 Å². The van der Waals surface area contributed by atoms with Gasteiger partial charge in [-0.2, -0.15) is 0 Å². The Balaban J connectivity index is 0.000000217. The Morgan fingerprint density at radius 1 is 1.15 bits per heavy atom. The Hall–Kier alpha value is -2.67. The molecule has 1 heterocycles. The van der Waals surface area contributed by atoms with Crippen LogP contribution >= 0.6 is 0 Å². The third kappa shape index (κ3) is 4.54. The normalized spacial score (nSPS) is 9.45. The third-order valence-corrected chi connectivity index (χ3v) is 2.36. The maximum absolute atomic E-state index is 10.5. The van der Waals surface area contributed by atoms with Crippen LogP contribution in [0.4, 0.5) is 0 Å². The van der Waals surface area contributed by atoms with Gasteiger partial charge in [-0.25, -0.2) is 14.6 Å². The summed E-state index contributed by atoms with van der Waals surface area (Å²) in [6.45, 7) is 0.683. The van der Waals surface area contributed by atoms with Gasteiger partial charge in [-0.3, -0.25) is 0 Å². The van der Waals surface area contributed by atoms with E-state index in [1.807, 2.05) is 0 Å². The first-order valence-electron chi connectivity index (χ1n) is 5.79. The number of carboxylic acid groups (broad SMARTS) is 2. The second-order valence-corrected chi connectivity index (χ2v) is 3.77. The number of hydrogen-bond donors (Lipinski definition) is 4. The predicted octanol–water partition coefficient (Wildman–Crippen LogP) is 0.994. The molecule has 0 atom stereocenters. The van der Waals surface area contributed by atoms with Crippen LogP contribution in [0.15, 0.2) is 36.8 Å². The Labute approximate surface area is 115 Å². The number of aromatic carboxylic acids is 2. The minimum absolute atomic E-state index is 0.190. The molecule has 7 nitrogen and oxygen atoms in total. The van der Waals surface area contributed by atoms with Crippen LogP contribution < -0.4 is 5.73 Å². The van der Waals surface area contributed by atoms with Gasteiger partial charge in [0.15, 0.2) is 0 Å². The Morgan fingerprint density at radius 3 is 2.05 bits per heavy atom. The molecule has 0 bridgehead atoms. The summed E-state index contributed by atoms with van der Waals surface area (Å²) in [6, 6.07) is 5.48. The fourth-order valence-corrected chi connectivity index (χ4v) is 1.43. The molecule has 0 spiro atoms. The van der Waals surface area contributed by atoms with Crippen molar-refractivity contribution in [2.45, 2.75) is 6.42 Å². The Bertz CT molecular complexity index is 534. The van der Waals surface area contributed by atoms with Crippen molar-refractivity contribution in [3.05, 3.63) is 53.6 Å². The second-order valence-electron chi connectivity index (χ2n) is 3.77. The molecule has 0 aliphatic rings. The van der Waals surface area contributed by atoms with Gasteiger partial charge in [0, 0.05) is 18.3 Å². The van der Waals surface area contributed by atoms with Crippen molar-refractivity contribution in [1.29, 1.82) is 0 Å². The van der Waals surface area contributed by atoms with Crippen LogP contribution in [-0.4, -0.2) is 38.7 Å². The van der Waals surface area contributed by atoms with E-state index in [-0.39, 0.29) is 11.1 Å². The lowest BCUT2D eigenvalue weighted by Gasteiger charge is -1.98. The Morgan fingerprint density at radius 2 is 1.70 bits per heavy atom. The number of benzene rings is 1. The van der Waals surface area contributed by atoms with Crippen molar-refractivity contribution in [3.63, 3.8) is 0 Å². The molecular weight excluding hydrogens is 262 g/mol. The monoisotopic (exact) mass is 277 g/mol. The number of aromatic nitrogens is 2. The molecule has 2 rings (SSSR count). The molecule has 106 valence electrons. The molecule has 1 aromatic carbocycles. The molecule has 1 aromatic heterocycles. The number of carbonyl (C=O) groups is 2. The van der Waals surface area contributed by atoms with Crippen molar-refractivity contribution in [2.75, 3.05) is 6.54 Å². The van der Waals surface area contributed by atoms with Gasteiger partial charge in [0.25, 0.3) is 0 Å². The SMILES string of the molecule is NCCc1cnc[nH]1.O=C(O)c1ccccc1C(=O)O. The zero-order valence-electron chi connectivity index (χ0n) is 10.6. The fraction of sp³-hybridized carbons (Fsp3) is 0.154. The first-order chi connectivity index (χ1) is 9.56. The van der Waals surface area contributed by atoms with Gasteiger partial charge >= 0.3 is 11.9 Å². The van der Waals surface area contributed by atoms with Gasteiger partial charge in [-0.1, -0.05) is 12.1 Å². The first-order valence-corrected chi connectivity index (χ1v) is 5.79. The quantitative estimate of drug-likeness (QED) is 0.659. The molecule has 2 aromatic rings. The molecule has 0 aliphatic heterocycles. The number of carboxylic acids is 2. The molecule has 5 N–H and O–H groups in total. The number of hydrogen-bond acceptors (Lipinski definition) is 4. The zero-order chi connectivity index (χ0) is 15.0. The van der Waals surface area contributed by atoms with E-state index in [4.69, 9.17) is 15.9 Å². The number of rotatable bonds is 4. The summed E-state index contributed by atoms with van der Waals surface area (Å²) >= 11 is 0. The minimum Gasteiger partial charge on any atom is -0.478 e. The molecule has 0 aliphatic carbocycles. The second kappa shape index (κ2) is 7.70. The van der Waals surface area contributed by atoms with Gasteiger partial charge in [-0.15, -0.1) is 0 Å². The highest BCUT2D eigenvalue weighted by molar-refractivity contribution is 6.01. The van der Waals surface area contributed by atoms with Gasteiger partial charge in [0.2, 0.25) is 0 Å². The number of aromatic amines is 1. The number of nitrogens with one attached hydrogen (secondary N) is 1. The van der Waals surface area contributed by atoms with Gasteiger partial charge < -0.3 is 20.9 Å². The van der Waals surface area contributed by atoms with E-state index in [0.717, 1.165) is 12.1 Å². The molecular formula is C13H15N3O4. The van der Waals surface area contributed by atoms with Crippen LogP contribution in [0.5, 0.6) is 0 Å². The zero-order valence-corrected chi connectivity index (χ0v) is 10.6. The highest BCUT2D eigenvalue weighted by atomic mass is 16.4. The summed E-state index contributed by atoms with van der Waals surface area (Å²) in [5, 5.41) is 17.1. The highest BCUT2D eigenvalue weighted by Gasteiger charge is 2.13. The minimum atomic E-state index is -1.23. The molecule has 0 fully saturated rings. The summed E-state index contributed by atoms with van der Waals surface area (Å²) in [7, 11) is 0. The maximum Gasteiger partial charge on any atom is 0.336 e. The van der Waals surface area contributed by atoms with Crippen LogP contribution in [0.2, 0.25) is 0 Å². The van der Waals surface area contributed by atoms with E-state index in [0.29, 0.717) is 6.54 Å². The van der Waals surface area contributed by atoms with Crippen LogP contribution in [0.1, 0.15) is 26.4 Å². The number of nitrogens with two attached hydrogens (primary N) is 1. The van der Waals surface area contributed by atoms with E-state index >= 15 is 0 Å². The first kappa shape index (κ1) is 15.4. The number of nitrogens with zero attached hydrogens (tertiary/aromatic N) is 1. The predicted molar refractivity (Wildman–Crippen MR) is 71.7 cm³/mol. The van der Waals surface area contributed by atoms with Gasteiger partial charge in [0.1, 0.15) is 0 Å². The largest absolute Gasteiger partial charge is 0.478 e. The summed E-state index contributed by atoms with van der Waals surface area (Å²) in [6.07, 6.45) is 4.33. The van der Waals surface area contributed by atoms with Crippen LogP contribution in [0.25, 0.3) is 0 Å². The van der Waals surface area contributed by atoms with Gasteiger partial charge in [0.05, 0.1) is 17.5 Å². The van der Waals surface area contributed by atoms with Crippen LogP contribution in [0, 0.1) is 0 Å². The van der Waals surface area contributed by atoms with Crippen LogP contribution in [0.3, 0.4) is 0 Å².